The van der Waals surface area contributed by atoms with E-state index in [0.717, 1.165) is 46.7 Å². The maximum Gasteiger partial charge on any atom is 0.192 e. The van der Waals surface area contributed by atoms with Gasteiger partial charge in [-0.1, -0.05) is 17.3 Å². The number of para-hydroxylation sites is 1. The second-order valence-electron chi connectivity index (χ2n) is 7.11. The number of hydrogen-bond acceptors (Lipinski definition) is 7. The zero-order valence-corrected chi connectivity index (χ0v) is 17.1. The first-order valence-corrected chi connectivity index (χ1v) is 10.3. The molecule has 1 atom stereocenters. The number of oxime groups is 1. The lowest BCUT2D eigenvalue weighted by atomic mass is 10.1. The summed E-state index contributed by atoms with van der Waals surface area (Å²) in [6.07, 6.45) is 4.40. The average Bonchev–Trinajstić information content (AvgIpc) is 3.31. The third-order valence-electron chi connectivity index (χ3n) is 5.12. The van der Waals surface area contributed by atoms with Gasteiger partial charge in [-0.05, 0) is 17.7 Å². The van der Waals surface area contributed by atoms with E-state index in [1.807, 2.05) is 24.3 Å². The predicted octanol–water partition coefficient (Wildman–Crippen LogP) is 1.47. The fourth-order valence-electron chi connectivity index (χ4n) is 3.68. The topological polar surface area (TPSA) is 78.3 Å². The van der Waals surface area contributed by atoms with Crippen LogP contribution in [0.5, 0.6) is 5.75 Å². The summed E-state index contributed by atoms with van der Waals surface area (Å²) in [6, 6.07) is 7.63. The highest BCUT2D eigenvalue weighted by Crippen LogP contribution is 2.33. The minimum absolute atomic E-state index is 0.189. The molecule has 148 valence electrons. The van der Waals surface area contributed by atoms with E-state index < -0.39 is 0 Å². The molecule has 1 aliphatic heterocycles. The van der Waals surface area contributed by atoms with Crippen LogP contribution in [-0.2, 0) is 24.4 Å². The Morgan fingerprint density at radius 2 is 2.24 bits per heavy atom. The summed E-state index contributed by atoms with van der Waals surface area (Å²) in [5.74, 6) is 1.32. The van der Waals surface area contributed by atoms with Crippen molar-refractivity contribution in [2.45, 2.75) is 19.6 Å². The number of fused-ring (bicyclic) bond motifs is 5. The third kappa shape index (κ3) is 3.32. The SMILES string of the molecule is COc1ccccc1/C=N\OCc1nc2c3c4c(sc3ncn2n1)C[NH+](C)CC4. The van der Waals surface area contributed by atoms with Crippen LogP contribution >= 0.6 is 11.3 Å². The van der Waals surface area contributed by atoms with Crippen LogP contribution in [0.25, 0.3) is 15.9 Å². The Hall–Kier alpha value is -3.04. The minimum atomic E-state index is 0.189. The molecular formula is C20H21N6O2S+. The lowest BCUT2D eigenvalue weighted by molar-refractivity contribution is -0.895. The number of nitrogens with zero attached hydrogens (tertiary/aromatic N) is 5. The summed E-state index contributed by atoms with van der Waals surface area (Å²) in [7, 11) is 3.86. The van der Waals surface area contributed by atoms with Crippen molar-refractivity contribution in [3.05, 3.63) is 52.4 Å². The molecule has 1 aromatic carbocycles. The molecule has 3 aromatic heterocycles. The number of aromatic nitrogens is 4. The summed E-state index contributed by atoms with van der Waals surface area (Å²) < 4.78 is 7.04. The van der Waals surface area contributed by atoms with Crippen LogP contribution < -0.4 is 9.64 Å². The van der Waals surface area contributed by atoms with Gasteiger partial charge in [0.1, 0.15) is 23.5 Å². The average molecular weight is 409 g/mol. The molecule has 0 bridgehead atoms. The van der Waals surface area contributed by atoms with E-state index in [-0.39, 0.29) is 6.61 Å². The van der Waals surface area contributed by atoms with Crippen molar-refractivity contribution in [2.24, 2.45) is 5.16 Å². The minimum Gasteiger partial charge on any atom is -0.496 e. The van der Waals surface area contributed by atoms with Gasteiger partial charge in [0.15, 0.2) is 18.1 Å². The van der Waals surface area contributed by atoms with Crippen molar-refractivity contribution < 1.29 is 14.5 Å². The summed E-state index contributed by atoms with van der Waals surface area (Å²) in [4.78, 5) is 18.7. The molecule has 5 rings (SSSR count). The molecule has 8 nitrogen and oxygen atoms in total. The summed E-state index contributed by atoms with van der Waals surface area (Å²) >= 11 is 1.77. The first kappa shape index (κ1) is 18.0. The molecule has 0 radical (unpaired) electrons. The molecule has 9 heteroatoms. The lowest BCUT2D eigenvalue weighted by Crippen LogP contribution is -3.08. The second kappa shape index (κ2) is 7.41. The van der Waals surface area contributed by atoms with Crippen LogP contribution in [0, 0.1) is 0 Å². The molecular weight excluding hydrogens is 388 g/mol. The van der Waals surface area contributed by atoms with E-state index in [9.17, 15) is 0 Å². The van der Waals surface area contributed by atoms with Crippen molar-refractivity contribution in [3.8, 4) is 5.75 Å². The maximum atomic E-state index is 5.43. The van der Waals surface area contributed by atoms with Gasteiger partial charge >= 0.3 is 0 Å². The molecule has 0 saturated carbocycles. The van der Waals surface area contributed by atoms with Gasteiger partial charge in [0.25, 0.3) is 0 Å². The first-order valence-electron chi connectivity index (χ1n) is 9.47. The van der Waals surface area contributed by atoms with Gasteiger partial charge in [0, 0.05) is 12.0 Å². The van der Waals surface area contributed by atoms with E-state index in [4.69, 9.17) is 14.6 Å². The van der Waals surface area contributed by atoms with Crippen LogP contribution in [0.1, 0.15) is 21.8 Å². The molecule has 0 spiro atoms. The second-order valence-corrected chi connectivity index (χ2v) is 8.19. The third-order valence-corrected chi connectivity index (χ3v) is 6.26. The van der Waals surface area contributed by atoms with E-state index in [1.165, 1.54) is 15.3 Å². The lowest BCUT2D eigenvalue weighted by Gasteiger charge is -2.19. The Morgan fingerprint density at radius 3 is 3.14 bits per heavy atom. The number of benzene rings is 1. The van der Waals surface area contributed by atoms with E-state index in [0.29, 0.717) is 5.82 Å². The Labute approximate surface area is 171 Å². The molecule has 1 N–H and O–H groups in total. The Kier molecular flexibility index (Phi) is 4.61. The molecule has 4 aromatic rings. The van der Waals surface area contributed by atoms with Gasteiger partial charge in [0.2, 0.25) is 0 Å². The van der Waals surface area contributed by atoms with Gasteiger partial charge < -0.3 is 14.5 Å². The van der Waals surface area contributed by atoms with Gasteiger partial charge in [0.05, 0.1) is 37.2 Å². The standard InChI is InChI=1S/C20H20N6O2S/c1-25-8-7-14-16(10-25)29-20-18(14)19-23-17(24-26(19)12-21-20)11-28-22-9-13-5-3-4-6-15(13)27-2/h3-6,9,12H,7-8,10-11H2,1-2H3/p+1/b22-9-. The summed E-state index contributed by atoms with van der Waals surface area (Å²) in [5, 5.41) is 9.67. The summed E-state index contributed by atoms with van der Waals surface area (Å²) in [6.45, 7) is 2.36. The van der Waals surface area contributed by atoms with Crippen LogP contribution in [-0.4, -0.2) is 46.5 Å². The maximum absolute atomic E-state index is 5.43. The quantitative estimate of drug-likeness (QED) is 0.399. The van der Waals surface area contributed by atoms with E-state index in [2.05, 4.69) is 22.3 Å². The number of methoxy groups -OCH3 is 1. The van der Waals surface area contributed by atoms with Gasteiger partial charge in [-0.25, -0.2) is 14.5 Å². The molecule has 0 aliphatic carbocycles. The monoisotopic (exact) mass is 409 g/mol. The van der Waals surface area contributed by atoms with Gasteiger partial charge in [-0.2, -0.15) is 0 Å². The number of ether oxygens (including phenoxy) is 1. The number of rotatable bonds is 5. The van der Waals surface area contributed by atoms with Crippen LogP contribution in [0.2, 0.25) is 0 Å². The smallest absolute Gasteiger partial charge is 0.192 e. The van der Waals surface area contributed by atoms with Crippen molar-refractivity contribution >= 4 is 33.4 Å². The molecule has 0 fully saturated rings. The molecule has 0 saturated heterocycles. The zero-order chi connectivity index (χ0) is 19.8. The van der Waals surface area contributed by atoms with Crippen molar-refractivity contribution in [2.75, 3.05) is 20.7 Å². The number of nitrogens with one attached hydrogen (secondary N) is 1. The van der Waals surface area contributed by atoms with Crippen LogP contribution in [0.3, 0.4) is 0 Å². The highest BCUT2D eigenvalue weighted by molar-refractivity contribution is 7.19. The number of quaternary nitrogens is 1. The fraction of sp³-hybridized carbons (Fsp3) is 0.300. The highest BCUT2D eigenvalue weighted by atomic mass is 32.1. The van der Waals surface area contributed by atoms with Gasteiger partial charge in [-0.15, -0.1) is 16.4 Å². The largest absolute Gasteiger partial charge is 0.496 e. The van der Waals surface area contributed by atoms with Crippen molar-refractivity contribution in [3.63, 3.8) is 0 Å². The molecule has 0 amide bonds. The molecule has 1 unspecified atom stereocenters. The van der Waals surface area contributed by atoms with Crippen LogP contribution in [0.4, 0.5) is 0 Å². The fourth-order valence-corrected chi connectivity index (χ4v) is 4.97. The normalized spacial score (nSPS) is 16.6. The Morgan fingerprint density at radius 1 is 1.34 bits per heavy atom. The summed E-state index contributed by atoms with van der Waals surface area (Å²) in [5.41, 5.74) is 3.07. The Balaban J connectivity index is 1.39. The van der Waals surface area contributed by atoms with Crippen molar-refractivity contribution in [1.29, 1.82) is 0 Å². The zero-order valence-electron chi connectivity index (χ0n) is 16.3. The predicted molar refractivity (Wildman–Crippen MR) is 111 cm³/mol. The number of hydrogen-bond donors (Lipinski definition) is 1. The van der Waals surface area contributed by atoms with E-state index in [1.54, 1.807) is 35.5 Å². The molecule has 1 aliphatic rings. The Bertz CT molecular complexity index is 1210. The number of likely N-dealkylation sites (N-methyl/N-ethyl adjacent to an activating group) is 1. The molecule has 4 heterocycles. The van der Waals surface area contributed by atoms with Crippen molar-refractivity contribution in [1.82, 2.24) is 19.6 Å². The molecule has 29 heavy (non-hydrogen) atoms. The van der Waals surface area contributed by atoms with Crippen LogP contribution in [0.15, 0.2) is 35.7 Å². The number of thiophene rings is 1. The highest BCUT2D eigenvalue weighted by Gasteiger charge is 2.24. The van der Waals surface area contributed by atoms with E-state index >= 15 is 0 Å². The first-order chi connectivity index (χ1) is 14.2. The van der Waals surface area contributed by atoms with Gasteiger partial charge in [-0.3, -0.25) is 0 Å².